The van der Waals surface area contributed by atoms with Crippen LogP contribution in [0.1, 0.15) is 38.3 Å². The SMILES string of the molecule is CNC(C)c1ccc(Br)cc1N1CCCC1C. The van der Waals surface area contributed by atoms with Gasteiger partial charge in [-0.05, 0) is 51.4 Å². The fourth-order valence-electron chi connectivity index (χ4n) is 2.58. The van der Waals surface area contributed by atoms with E-state index in [4.69, 9.17) is 0 Å². The highest BCUT2D eigenvalue weighted by atomic mass is 79.9. The van der Waals surface area contributed by atoms with Crippen molar-refractivity contribution in [3.05, 3.63) is 28.2 Å². The molecule has 0 amide bonds. The van der Waals surface area contributed by atoms with Gasteiger partial charge in [0.25, 0.3) is 0 Å². The van der Waals surface area contributed by atoms with Crippen molar-refractivity contribution < 1.29 is 0 Å². The van der Waals surface area contributed by atoms with Crippen LogP contribution < -0.4 is 10.2 Å². The minimum absolute atomic E-state index is 0.394. The summed E-state index contributed by atoms with van der Waals surface area (Å²) in [6.45, 7) is 5.72. The molecule has 2 nitrogen and oxygen atoms in total. The summed E-state index contributed by atoms with van der Waals surface area (Å²) < 4.78 is 1.17. The largest absolute Gasteiger partial charge is 0.369 e. The van der Waals surface area contributed by atoms with Gasteiger partial charge in [0.15, 0.2) is 0 Å². The number of hydrogen-bond acceptors (Lipinski definition) is 2. The maximum absolute atomic E-state index is 3.59. The molecule has 0 spiro atoms. The number of benzene rings is 1. The monoisotopic (exact) mass is 296 g/mol. The van der Waals surface area contributed by atoms with Crippen LogP contribution in [-0.2, 0) is 0 Å². The van der Waals surface area contributed by atoms with E-state index < -0.39 is 0 Å². The number of nitrogens with zero attached hydrogens (tertiary/aromatic N) is 1. The number of hydrogen-bond donors (Lipinski definition) is 1. The molecular formula is C14H21BrN2. The van der Waals surface area contributed by atoms with E-state index in [1.165, 1.54) is 35.1 Å². The van der Waals surface area contributed by atoms with Crippen molar-refractivity contribution in [2.75, 3.05) is 18.5 Å². The normalized spacial score (nSPS) is 21.9. The maximum Gasteiger partial charge on any atom is 0.0428 e. The summed E-state index contributed by atoms with van der Waals surface area (Å²) in [4.78, 5) is 2.54. The molecule has 3 heteroatoms. The van der Waals surface area contributed by atoms with Gasteiger partial charge >= 0.3 is 0 Å². The summed E-state index contributed by atoms with van der Waals surface area (Å²) in [7, 11) is 2.02. The van der Waals surface area contributed by atoms with Crippen LogP contribution in [0.2, 0.25) is 0 Å². The summed E-state index contributed by atoms with van der Waals surface area (Å²) in [6, 6.07) is 7.67. The van der Waals surface area contributed by atoms with Crippen LogP contribution in [0.25, 0.3) is 0 Å². The number of anilines is 1. The van der Waals surface area contributed by atoms with Crippen LogP contribution in [0.4, 0.5) is 5.69 Å². The van der Waals surface area contributed by atoms with Crippen molar-refractivity contribution in [2.45, 2.75) is 38.8 Å². The van der Waals surface area contributed by atoms with E-state index in [0.717, 1.165) is 0 Å². The Morgan fingerprint density at radius 3 is 2.82 bits per heavy atom. The molecule has 94 valence electrons. The van der Waals surface area contributed by atoms with Crippen LogP contribution in [0.15, 0.2) is 22.7 Å². The van der Waals surface area contributed by atoms with E-state index >= 15 is 0 Å². The fourth-order valence-corrected chi connectivity index (χ4v) is 2.93. The van der Waals surface area contributed by atoms with Gasteiger partial charge in [-0.2, -0.15) is 0 Å². The third-order valence-electron chi connectivity index (χ3n) is 3.75. The summed E-state index contributed by atoms with van der Waals surface area (Å²) in [6.07, 6.45) is 2.61. The van der Waals surface area contributed by atoms with Gasteiger partial charge in [-0.1, -0.05) is 22.0 Å². The molecule has 1 fully saturated rings. The molecule has 1 N–H and O–H groups in total. The Balaban J connectivity index is 2.39. The molecule has 2 unspecified atom stereocenters. The highest BCUT2D eigenvalue weighted by molar-refractivity contribution is 9.10. The molecule has 0 radical (unpaired) electrons. The van der Waals surface area contributed by atoms with Crippen LogP contribution in [0.3, 0.4) is 0 Å². The molecule has 2 rings (SSSR count). The highest BCUT2D eigenvalue weighted by Crippen LogP contribution is 2.34. The minimum Gasteiger partial charge on any atom is -0.369 e. The predicted molar refractivity (Wildman–Crippen MR) is 77.7 cm³/mol. The minimum atomic E-state index is 0.394. The number of halogens is 1. The van der Waals surface area contributed by atoms with Crippen molar-refractivity contribution in [1.82, 2.24) is 5.32 Å². The first kappa shape index (κ1) is 12.9. The first-order chi connectivity index (χ1) is 8.13. The lowest BCUT2D eigenvalue weighted by Gasteiger charge is -2.28. The number of rotatable bonds is 3. The third kappa shape index (κ3) is 2.66. The van der Waals surface area contributed by atoms with Crippen LogP contribution in [0.5, 0.6) is 0 Å². The first-order valence-corrected chi connectivity index (χ1v) is 7.16. The lowest BCUT2D eigenvalue weighted by molar-refractivity contribution is 0.644. The summed E-state index contributed by atoms with van der Waals surface area (Å²) in [5.41, 5.74) is 2.77. The maximum atomic E-state index is 3.59. The molecule has 17 heavy (non-hydrogen) atoms. The molecule has 1 aromatic rings. The lowest BCUT2D eigenvalue weighted by atomic mass is 10.0. The molecule has 1 aliphatic rings. The summed E-state index contributed by atoms with van der Waals surface area (Å²) >= 11 is 3.59. The zero-order chi connectivity index (χ0) is 12.4. The van der Waals surface area contributed by atoms with Gasteiger partial charge in [0.1, 0.15) is 0 Å². The van der Waals surface area contributed by atoms with E-state index in [9.17, 15) is 0 Å². The predicted octanol–water partition coefficient (Wildman–Crippen LogP) is 3.72. The third-order valence-corrected chi connectivity index (χ3v) is 4.25. The Kier molecular flexibility index (Phi) is 4.10. The van der Waals surface area contributed by atoms with Gasteiger partial charge in [-0.25, -0.2) is 0 Å². The molecule has 1 aliphatic heterocycles. The molecule has 0 aliphatic carbocycles. The Hall–Kier alpha value is -0.540. The molecule has 1 aromatic carbocycles. The van der Waals surface area contributed by atoms with Crippen molar-refractivity contribution in [1.29, 1.82) is 0 Å². The van der Waals surface area contributed by atoms with Gasteiger partial charge in [0.05, 0.1) is 0 Å². The number of nitrogens with one attached hydrogen (secondary N) is 1. The van der Waals surface area contributed by atoms with Gasteiger partial charge in [0, 0.05) is 28.8 Å². The van der Waals surface area contributed by atoms with Crippen molar-refractivity contribution in [3.8, 4) is 0 Å². The molecule has 2 atom stereocenters. The molecule has 1 saturated heterocycles. The van der Waals surface area contributed by atoms with Gasteiger partial charge in [0.2, 0.25) is 0 Å². The van der Waals surface area contributed by atoms with Crippen molar-refractivity contribution in [2.24, 2.45) is 0 Å². The molecule has 0 aromatic heterocycles. The van der Waals surface area contributed by atoms with Crippen molar-refractivity contribution >= 4 is 21.6 Å². The molecule has 1 heterocycles. The second-order valence-corrected chi connectivity index (χ2v) is 5.81. The zero-order valence-electron chi connectivity index (χ0n) is 10.8. The van der Waals surface area contributed by atoms with Gasteiger partial charge in [-0.15, -0.1) is 0 Å². The summed E-state index contributed by atoms with van der Waals surface area (Å²) in [5, 5.41) is 3.34. The second kappa shape index (κ2) is 5.40. The molecular weight excluding hydrogens is 276 g/mol. The fraction of sp³-hybridized carbons (Fsp3) is 0.571. The van der Waals surface area contributed by atoms with E-state index in [1.54, 1.807) is 0 Å². The lowest BCUT2D eigenvalue weighted by Crippen LogP contribution is -2.28. The van der Waals surface area contributed by atoms with E-state index in [-0.39, 0.29) is 0 Å². The highest BCUT2D eigenvalue weighted by Gasteiger charge is 2.23. The molecule has 0 bridgehead atoms. The summed E-state index contributed by atoms with van der Waals surface area (Å²) in [5.74, 6) is 0. The van der Waals surface area contributed by atoms with Crippen LogP contribution >= 0.6 is 15.9 Å². The smallest absolute Gasteiger partial charge is 0.0428 e. The van der Waals surface area contributed by atoms with E-state index in [2.05, 4.69) is 58.2 Å². The molecule has 0 saturated carbocycles. The van der Waals surface area contributed by atoms with E-state index in [1.807, 2.05) is 7.05 Å². The average molecular weight is 297 g/mol. The Morgan fingerprint density at radius 2 is 2.24 bits per heavy atom. The standard InChI is InChI=1S/C14H21BrN2/c1-10-5-4-8-17(10)14-9-12(15)6-7-13(14)11(2)16-3/h6-7,9-11,16H,4-5,8H2,1-3H3. The van der Waals surface area contributed by atoms with E-state index in [0.29, 0.717) is 12.1 Å². The second-order valence-electron chi connectivity index (χ2n) is 4.90. The Labute approximate surface area is 113 Å². The van der Waals surface area contributed by atoms with Crippen LogP contribution in [-0.4, -0.2) is 19.6 Å². The zero-order valence-corrected chi connectivity index (χ0v) is 12.4. The quantitative estimate of drug-likeness (QED) is 0.914. The topological polar surface area (TPSA) is 15.3 Å². The Morgan fingerprint density at radius 1 is 1.47 bits per heavy atom. The van der Waals surface area contributed by atoms with Crippen molar-refractivity contribution in [3.63, 3.8) is 0 Å². The first-order valence-electron chi connectivity index (χ1n) is 6.37. The van der Waals surface area contributed by atoms with Crippen LogP contribution in [0, 0.1) is 0 Å². The Bertz CT molecular complexity index is 392. The van der Waals surface area contributed by atoms with Gasteiger partial charge in [-0.3, -0.25) is 0 Å². The van der Waals surface area contributed by atoms with Gasteiger partial charge < -0.3 is 10.2 Å². The average Bonchev–Trinajstić information content (AvgIpc) is 2.74.